The molecule has 2 aromatic carbocycles. The molecule has 0 unspecified atom stereocenters. The largest absolute Gasteiger partial charge is 0.268 e. The van der Waals surface area contributed by atoms with Crippen molar-refractivity contribution >= 4 is 20.9 Å². The molecule has 0 aliphatic carbocycles. The minimum absolute atomic E-state index is 0.0167. The van der Waals surface area contributed by atoms with Crippen LogP contribution < -0.4 is 0 Å². The molecular formula is C17H13FN2O2S. The predicted octanol–water partition coefficient (Wildman–Crippen LogP) is 3.39. The van der Waals surface area contributed by atoms with Gasteiger partial charge in [0, 0.05) is 11.6 Å². The summed E-state index contributed by atoms with van der Waals surface area (Å²) in [6.45, 7) is 1.87. The Labute approximate surface area is 133 Å². The number of nitriles is 1. The summed E-state index contributed by atoms with van der Waals surface area (Å²) >= 11 is 0. The van der Waals surface area contributed by atoms with Crippen molar-refractivity contribution < 1.29 is 12.8 Å². The topological polar surface area (TPSA) is 62.9 Å². The number of nitrogens with zero attached hydrogens (tertiary/aromatic N) is 2. The number of aromatic nitrogens is 1. The van der Waals surface area contributed by atoms with Gasteiger partial charge in [-0.1, -0.05) is 17.7 Å². The zero-order valence-corrected chi connectivity index (χ0v) is 13.1. The lowest BCUT2D eigenvalue weighted by molar-refractivity contribution is 0.589. The summed E-state index contributed by atoms with van der Waals surface area (Å²) in [6.07, 6.45) is 1.41. The van der Waals surface area contributed by atoms with Crippen molar-refractivity contribution in [1.82, 2.24) is 3.97 Å². The van der Waals surface area contributed by atoms with Crippen LogP contribution in [0, 0.1) is 24.1 Å². The molecule has 0 radical (unpaired) electrons. The van der Waals surface area contributed by atoms with E-state index in [0.717, 1.165) is 9.54 Å². The van der Waals surface area contributed by atoms with Crippen LogP contribution >= 0.6 is 0 Å². The minimum Gasteiger partial charge on any atom is -0.241 e. The van der Waals surface area contributed by atoms with E-state index in [0.29, 0.717) is 10.9 Å². The minimum atomic E-state index is -3.82. The predicted molar refractivity (Wildman–Crippen MR) is 85.0 cm³/mol. The first-order valence-corrected chi connectivity index (χ1v) is 8.36. The van der Waals surface area contributed by atoms with Gasteiger partial charge < -0.3 is 0 Å². The second-order valence-corrected chi connectivity index (χ2v) is 7.08. The van der Waals surface area contributed by atoms with Gasteiger partial charge in [0.15, 0.2) is 0 Å². The lowest BCUT2D eigenvalue weighted by atomic mass is 10.1. The number of benzene rings is 2. The lowest BCUT2D eigenvalue weighted by Crippen LogP contribution is -2.12. The third-order valence-corrected chi connectivity index (χ3v) is 5.37. The molecule has 6 heteroatoms. The Morgan fingerprint density at radius 2 is 1.87 bits per heavy atom. The van der Waals surface area contributed by atoms with Crippen LogP contribution in [-0.2, 0) is 16.4 Å². The van der Waals surface area contributed by atoms with Crippen LogP contribution in [0.15, 0.2) is 53.6 Å². The van der Waals surface area contributed by atoms with E-state index in [1.165, 1.54) is 30.5 Å². The Morgan fingerprint density at radius 3 is 2.52 bits per heavy atom. The Bertz CT molecular complexity index is 1030. The van der Waals surface area contributed by atoms with E-state index in [4.69, 9.17) is 5.26 Å². The van der Waals surface area contributed by atoms with Gasteiger partial charge in [-0.3, -0.25) is 0 Å². The number of rotatable bonds is 3. The number of hydrogen-bond acceptors (Lipinski definition) is 3. The van der Waals surface area contributed by atoms with Crippen molar-refractivity contribution in [2.45, 2.75) is 18.2 Å². The second kappa shape index (κ2) is 5.52. The molecule has 0 amide bonds. The van der Waals surface area contributed by atoms with Gasteiger partial charge in [0.25, 0.3) is 10.0 Å². The zero-order valence-electron chi connectivity index (χ0n) is 12.3. The summed E-state index contributed by atoms with van der Waals surface area (Å²) in [7, 11) is -3.82. The Hall–Kier alpha value is -2.65. The lowest BCUT2D eigenvalue weighted by Gasteiger charge is -2.09. The molecule has 3 aromatic rings. The number of hydrogen-bond donors (Lipinski definition) is 0. The second-order valence-electron chi connectivity index (χ2n) is 5.26. The van der Waals surface area contributed by atoms with E-state index in [1.807, 2.05) is 13.0 Å². The van der Waals surface area contributed by atoms with Crippen molar-refractivity contribution in [3.63, 3.8) is 0 Å². The molecule has 0 N–H and O–H groups in total. The number of halogens is 1. The Balaban J connectivity index is 2.24. The van der Waals surface area contributed by atoms with Crippen LogP contribution in [-0.4, -0.2) is 12.4 Å². The molecule has 4 nitrogen and oxygen atoms in total. The first-order valence-electron chi connectivity index (χ1n) is 6.92. The maximum Gasteiger partial charge on any atom is 0.268 e. The molecule has 0 saturated carbocycles. The van der Waals surface area contributed by atoms with Crippen LogP contribution in [0.25, 0.3) is 10.9 Å². The molecule has 23 heavy (non-hydrogen) atoms. The molecule has 0 atom stereocenters. The fraction of sp³-hybridized carbons (Fsp3) is 0.118. The molecule has 0 bridgehead atoms. The van der Waals surface area contributed by atoms with Crippen molar-refractivity contribution in [3.05, 3.63) is 65.6 Å². The van der Waals surface area contributed by atoms with Gasteiger partial charge in [-0.05, 0) is 42.8 Å². The third kappa shape index (κ3) is 2.60. The van der Waals surface area contributed by atoms with Crippen LogP contribution in [0.1, 0.15) is 11.1 Å². The van der Waals surface area contributed by atoms with Gasteiger partial charge in [-0.15, -0.1) is 0 Å². The van der Waals surface area contributed by atoms with Crippen LogP contribution in [0.3, 0.4) is 0 Å². The molecule has 1 heterocycles. The van der Waals surface area contributed by atoms with Crippen molar-refractivity contribution in [1.29, 1.82) is 5.26 Å². The van der Waals surface area contributed by atoms with Gasteiger partial charge in [-0.2, -0.15) is 5.26 Å². The fourth-order valence-corrected chi connectivity index (χ4v) is 3.86. The van der Waals surface area contributed by atoms with Gasteiger partial charge in [-0.25, -0.2) is 16.8 Å². The Morgan fingerprint density at radius 1 is 1.17 bits per heavy atom. The molecule has 0 spiro atoms. The Kier molecular flexibility index (Phi) is 3.66. The molecular weight excluding hydrogens is 315 g/mol. The summed E-state index contributed by atoms with van der Waals surface area (Å²) in [4.78, 5) is 0.131. The maximum absolute atomic E-state index is 13.8. The monoisotopic (exact) mass is 328 g/mol. The highest BCUT2D eigenvalue weighted by Gasteiger charge is 2.20. The summed E-state index contributed by atoms with van der Waals surface area (Å²) in [5, 5.41) is 9.40. The third-order valence-electron chi connectivity index (χ3n) is 3.67. The van der Waals surface area contributed by atoms with E-state index in [1.54, 1.807) is 18.2 Å². The molecule has 3 rings (SSSR count). The normalized spacial score (nSPS) is 11.5. The van der Waals surface area contributed by atoms with E-state index in [9.17, 15) is 12.8 Å². The summed E-state index contributed by atoms with van der Waals surface area (Å²) in [5.41, 5.74) is 1.65. The molecule has 0 saturated heterocycles. The van der Waals surface area contributed by atoms with E-state index >= 15 is 0 Å². The highest BCUT2D eigenvalue weighted by atomic mass is 32.2. The number of aryl methyl sites for hydroxylation is 1. The van der Waals surface area contributed by atoms with Gasteiger partial charge in [0.2, 0.25) is 0 Å². The van der Waals surface area contributed by atoms with E-state index in [2.05, 4.69) is 0 Å². The molecule has 116 valence electrons. The van der Waals surface area contributed by atoms with E-state index < -0.39 is 15.8 Å². The maximum atomic E-state index is 13.8. The van der Waals surface area contributed by atoms with Crippen molar-refractivity contribution in [3.8, 4) is 6.07 Å². The average Bonchev–Trinajstić information content (AvgIpc) is 2.92. The van der Waals surface area contributed by atoms with Gasteiger partial charge in [0.1, 0.15) is 5.82 Å². The first-order chi connectivity index (χ1) is 10.9. The summed E-state index contributed by atoms with van der Waals surface area (Å²) in [5.74, 6) is -0.568. The summed E-state index contributed by atoms with van der Waals surface area (Å²) in [6, 6.07) is 12.4. The summed E-state index contributed by atoms with van der Waals surface area (Å²) < 4.78 is 40.4. The van der Waals surface area contributed by atoms with Crippen molar-refractivity contribution in [2.24, 2.45) is 0 Å². The molecule has 0 aliphatic rings. The van der Waals surface area contributed by atoms with Crippen molar-refractivity contribution in [2.75, 3.05) is 0 Å². The van der Waals surface area contributed by atoms with E-state index in [-0.39, 0.29) is 16.8 Å². The van der Waals surface area contributed by atoms with Gasteiger partial charge >= 0.3 is 0 Å². The SMILES string of the molecule is Cc1ccc(S(=O)(=O)n2ccc3c(CC#N)cc(F)cc32)cc1. The highest BCUT2D eigenvalue weighted by molar-refractivity contribution is 7.90. The highest BCUT2D eigenvalue weighted by Crippen LogP contribution is 2.26. The molecule has 0 fully saturated rings. The molecule has 1 aromatic heterocycles. The van der Waals surface area contributed by atoms with Gasteiger partial charge in [0.05, 0.1) is 22.9 Å². The standard InChI is InChI=1S/C17H13FN2O2S/c1-12-2-4-15(5-3-12)23(21,22)20-9-7-16-13(6-8-19)10-14(18)11-17(16)20/h2-5,7,9-11H,6H2,1H3. The quantitative estimate of drug-likeness (QED) is 0.740. The van der Waals surface area contributed by atoms with Crippen LogP contribution in [0.5, 0.6) is 0 Å². The number of fused-ring (bicyclic) bond motifs is 1. The van der Waals surface area contributed by atoms with Crippen LogP contribution in [0.4, 0.5) is 4.39 Å². The smallest absolute Gasteiger partial charge is 0.241 e. The fourth-order valence-electron chi connectivity index (χ4n) is 2.52. The molecule has 0 aliphatic heterocycles. The van der Waals surface area contributed by atoms with Crippen LogP contribution in [0.2, 0.25) is 0 Å². The average molecular weight is 328 g/mol. The zero-order chi connectivity index (χ0) is 16.6. The first kappa shape index (κ1) is 15.3.